The lowest BCUT2D eigenvalue weighted by molar-refractivity contribution is -0.142. The van der Waals surface area contributed by atoms with E-state index in [2.05, 4.69) is 11.4 Å². The Morgan fingerprint density at radius 1 is 1.08 bits per heavy atom. The van der Waals surface area contributed by atoms with Crippen molar-refractivity contribution < 1.29 is 23.8 Å². The molecule has 0 fully saturated rings. The van der Waals surface area contributed by atoms with Crippen LogP contribution in [-0.2, 0) is 14.3 Å². The topological polar surface area (TPSA) is 126 Å². The molecule has 0 bridgehead atoms. The van der Waals surface area contributed by atoms with E-state index in [4.69, 9.17) is 19.5 Å². The number of esters is 1. The van der Waals surface area contributed by atoms with Gasteiger partial charge < -0.3 is 19.5 Å². The van der Waals surface area contributed by atoms with Gasteiger partial charge in [-0.2, -0.15) is 10.5 Å². The number of ether oxygens (including phenoxy) is 3. The number of hydrogen-bond acceptors (Lipinski definition) is 7. The minimum atomic E-state index is -0.722. The van der Waals surface area contributed by atoms with E-state index in [1.165, 1.54) is 19.3 Å². The largest absolute Gasteiger partial charge is 0.493 e. The van der Waals surface area contributed by atoms with Gasteiger partial charge in [-0.05, 0) is 55.3 Å². The highest BCUT2D eigenvalue weighted by atomic mass is 16.5. The van der Waals surface area contributed by atoms with Crippen molar-refractivity contribution >= 4 is 23.8 Å². The molecule has 0 aliphatic heterocycles. The van der Waals surface area contributed by atoms with Crippen molar-refractivity contribution in [2.75, 3.05) is 25.6 Å². The molecule has 9 nitrogen and oxygen atoms in total. The predicted octanol–water partition coefficient (Wildman–Crippen LogP) is 4.07. The molecule has 9 heteroatoms. The fourth-order valence-electron chi connectivity index (χ4n) is 3.50. The Morgan fingerprint density at radius 3 is 2.50 bits per heavy atom. The number of carbonyl (C=O) groups is 2. The van der Waals surface area contributed by atoms with Gasteiger partial charge in [0.05, 0.1) is 12.7 Å². The van der Waals surface area contributed by atoms with E-state index >= 15 is 0 Å². The predicted molar refractivity (Wildman–Crippen MR) is 133 cm³/mol. The third-order valence-corrected chi connectivity index (χ3v) is 5.33. The number of nitrogens with zero attached hydrogens (tertiary/aromatic N) is 3. The Kier molecular flexibility index (Phi) is 8.47. The molecular formula is C27H24N4O5. The summed E-state index contributed by atoms with van der Waals surface area (Å²) in [5.41, 5.74) is 3.31. The third-order valence-electron chi connectivity index (χ3n) is 5.33. The van der Waals surface area contributed by atoms with Crippen LogP contribution in [0.4, 0.5) is 5.82 Å². The Labute approximate surface area is 208 Å². The molecule has 0 spiro atoms. The van der Waals surface area contributed by atoms with E-state index < -0.39 is 18.5 Å². The smallest absolute Gasteiger partial charge is 0.331 e. The van der Waals surface area contributed by atoms with Gasteiger partial charge in [0.2, 0.25) is 0 Å². The highest BCUT2D eigenvalue weighted by molar-refractivity contribution is 5.95. The summed E-state index contributed by atoms with van der Waals surface area (Å²) in [6.45, 7) is 3.02. The van der Waals surface area contributed by atoms with E-state index in [1.54, 1.807) is 22.8 Å². The van der Waals surface area contributed by atoms with Crippen LogP contribution in [0.1, 0.15) is 22.4 Å². The van der Waals surface area contributed by atoms with Crippen LogP contribution >= 0.6 is 0 Å². The molecule has 36 heavy (non-hydrogen) atoms. The average molecular weight is 485 g/mol. The van der Waals surface area contributed by atoms with E-state index in [9.17, 15) is 14.9 Å². The molecule has 1 heterocycles. The SMILES string of the molecule is COc1cc(C=CC(=O)OCC(=O)Nc2c(C#N)c(C)c(C)n2-c2ccccc2)ccc1OCC#N. The number of para-hydroxylation sites is 1. The summed E-state index contributed by atoms with van der Waals surface area (Å²) in [5.74, 6) is -0.178. The zero-order valence-electron chi connectivity index (χ0n) is 20.1. The van der Waals surface area contributed by atoms with Gasteiger partial charge in [0.25, 0.3) is 5.91 Å². The number of nitrogens with one attached hydrogen (secondary N) is 1. The summed E-state index contributed by atoms with van der Waals surface area (Å²) in [4.78, 5) is 24.7. The number of benzene rings is 2. The molecular weight excluding hydrogens is 460 g/mol. The van der Waals surface area contributed by atoms with Crippen LogP contribution in [0.5, 0.6) is 11.5 Å². The number of methoxy groups -OCH3 is 1. The molecule has 3 aromatic rings. The maximum absolute atomic E-state index is 12.6. The Bertz CT molecular complexity index is 1380. The van der Waals surface area contributed by atoms with Gasteiger partial charge in [0.15, 0.2) is 24.7 Å². The first kappa shape index (κ1) is 25.6. The Hall–Kier alpha value is -5.02. The van der Waals surface area contributed by atoms with Crippen LogP contribution in [-0.4, -0.2) is 36.8 Å². The lowest BCUT2D eigenvalue weighted by atomic mass is 10.2. The summed E-state index contributed by atoms with van der Waals surface area (Å²) in [5, 5.41) is 21.0. The zero-order valence-corrected chi connectivity index (χ0v) is 20.1. The van der Waals surface area contributed by atoms with Crippen LogP contribution in [0.2, 0.25) is 0 Å². The first-order chi connectivity index (χ1) is 17.4. The quantitative estimate of drug-likeness (QED) is 0.358. The fraction of sp³-hybridized carbons (Fsp3) is 0.185. The van der Waals surface area contributed by atoms with Gasteiger partial charge in [-0.15, -0.1) is 0 Å². The maximum atomic E-state index is 12.6. The van der Waals surface area contributed by atoms with Crippen molar-refractivity contribution in [3.05, 3.63) is 77.0 Å². The minimum absolute atomic E-state index is 0.120. The molecule has 2 aromatic carbocycles. The monoisotopic (exact) mass is 484 g/mol. The molecule has 1 N–H and O–H groups in total. The number of amides is 1. The number of aromatic nitrogens is 1. The number of anilines is 1. The van der Waals surface area contributed by atoms with Gasteiger partial charge in [-0.3, -0.25) is 9.36 Å². The maximum Gasteiger partial charge on any atom is 0.331 e. The third kappa shape index (κ3) is 5.91. The van der Waals surface area contributed by atoms with Gasteiger partial charge in [0.1, 0.15) is 18.0 Å². The summed E-state index contributed by atoms with van der Waals surface area (Å²) < 4.78 is 17.3. The summed E-state index contributed by atoms with van der Waals surface area (Å²) >= 11 is 0. The van der Waals surface area contributed by atoms with Crippen LogP contribution in [0.25, 0.3) is 11.8 Å². The van der Waals surface area contributed by atoms with Crippen molar-refractivity contribution in [2.24, 2.45) is 0 Å². The highest BCUT2D eigenvalue weighted by Gasteiger charge is 2.21. The van der Waals surface area contributed by atoms with Crippen molar-refractivity contribution in [1.29, 1.82) is 10.5 Å². The first-order valence-electron chi connectivity index (χ1n) is 10.9. The van der Waals surface area contributed by atoms with Crippen LogP contribution in [0, 0.1) is 36.5 Å². The molecule has 0 saturated carbocycles. The molecule has 1 amide bonds. The molecule has 1 aromatic heterocycles. The number of carbonyl (C=O) groups excluding carboxylic acids is 2. The van der Waals surface area contributed by atoms with Crippen molar-refractivity contribution in [3.63, 3.8) is 0 Å². The molecule has 0 aliphatic carbocycles. The van der Waals surface area contributed by atoms with Gasteiger partial charge in [-0.1, -0.05) is 24.3 Å². The van der Waals surface area contributed by atoms with Crippen LogP contribution < -0.4 is 14.8 Å². The average Bonchev–Trinajstić information content (AvgIpc) is 3.13. The minimum Gasteiger partial charge on any atom is -0.493 e. The molecule has 0 saturated heterocycles. The number of nitriles is 2. The lowest BCUT2D eigenvalue weighted by Gasteiger charge is -2.13. The second kappa shape index (κ2) is 11.9. The molecule has 0 aliphatic rings. The molecule has 0 radical (unpaired) electrons. The molecule has 0 unspecified atom stereocenters. The van der Waals surface area contributed by atoms with Gasteiger partial charge in [0, 0.05) is 17.5 Å². The van der Waals surface area contributed by atoms with E-state index in [1.807, 2.05) is 50.2 Å². The molecule has 0 atom stereocenters. The van der Waals surface area contributed by atoms with E-state index in [-0.39, 0.29) is 6.61 Å². The first-order valence-corrected chi connectivity index (χ1v) is 10.9. The Morgan fingerprint density at radius 2 is 1.83 bits per heavy atom. The van der Waals surface area contributed by atoms with E-state index in [0.29, 0.717) is 28.4 Å². The molecule has 182 valence electrons. The second-order valence-corrected chi connectivity index (χ2v) is 7.56. The molecule has 3 rings (SSSR count). The lowest BCUT2D eigenvalue weighted by Crippen LogP contribution is -2.22. The normalized spacial score (nSPS) is 10.4. The Balaban J connectivity index is 1.67. The fourth-order valence-corrected chi connectivity index (χ4v) is 3.50. The van der Waals surface area contributed by atoms with Gasteiger partial charge in [-0.25, -0.2) is 4.79 Å². The standard InChI is InChI=1S/C27H24N4O5/c1-18-19(2)31(21-7-5-4-6-8-21)27(22(18)16-29)30-25(32)17-36-26(33)12-10-20-9-11-23(35-14-13-28)24(15-20)34-3/h4-12,15H,14,17H2,1-3H3,(H,30,32). The summed E-state index contributed by atoms with van der Waals surface area (Å²) in [7, 11) is 1.46. The van der Waals surface area contributed by atoms with Crippen molar-refractivity contribution in [2.45, 2.75) is 13.8 Å². The van der Waals surface area contributed by atoms with E-state index in [0.717, 1.165) is 16.9 Å². The summed E-state index contributed by atoms with van der Waals surface area (Å²) in [6.07, 6.45) is 2.68. The number of hydrogen-bond donors (Lipinski definition) is 1. The number of rotatable bonds is 9. The van der Waals surface area contributed by atoms with Crippen molar-refractivity contribution in [3.8, 4) is 29.3 Å². The van der Waals surface area contributed by atoms with Gasteiger partial charge >= 0.3 is 5.97 Å². The zero-order chi connectivity index (χ0) is 26.1. The van der Waals surface area contributed by atoms with Crippen LogP contribution in [0.15, 0.2) is 54.6 Å². The van der Waals surface area contributed by atoms with Crippen molar-refractivity contribution in [1.82, 2.24) is 4.57 Å². The highest BCUT2D eigenvalue weighted by Crippen LogP contribution is 2.30. The van der Waals surface area contributed by atoms with Crippen LogP contribution in [0.3, 0.4) is 0 Å². The second-order valence-electron chi connectivity index (χ2n) is 7.56. The summed E-state index contributed by atoms with van der Waals surface area (Å²) in [6, 6.07) is 18.3.